The predicted octanol–water partition coefficient (Wildman–Crippen LogP) is 3.20. The van der Waals surface area contributed by atoms with Crippen LogP contribution in [0.1, 0.15) is 51.9 Å². The van der Waals surface area contributed by atoms with E-state index in [0.29, 0.717) is 0 Å². The number of unbranched alkanes of at least 4 members (excludes halogenated alkanes) is 1. The van der Waals surface area contributed by atoms with Crippen molar-refractivity contribution in [3.05, 3.63) is 0 Å². The lowest BCUT2D eigenvalue weighted by molar-refractivity contribution is 0.137. The van der Waals surface area contributed by atoms with Crippen LogP contribution in [-0.4, -0.2) is 12.6 Å². The Hall–Kier alpha value is -0.0400. The highest BCUT2D eigenvalue weighted by atomic mass is 14.9. The van der Waals surface area contributed by atoms with Gasteiger partial charge < -0.3 is 5.32 Å². The van der Waals surface area contributed by atoms with Crippen LogP contribution in [0.15, 0.2) is 0 Å². The van der Waals surface area contributed by atoms with Gasteiger partial charge in [0.2, 0.25) is 0 Å². The van der Waals surface area contributed by atoms with Crippen molar-refractivity contribution in [2.24, 2.45) is 23.7 Å². The smallest absolute Gasteiger partial charge is 0.0101 e. The van der Waals surface area contributed by atoms with Crippen LogP contribution in [0, 0.1) is 23.7 Å². The molecule has 3 rings (SSSR count). The highest BCUT2D eigenvalue weighted by molar-refractivity contribution is 5.01. The third-order valence-corrected chi connectivity index (χ3v) is 5.19. The van der Waals surface area contributed by atoms with Crippen molar-refractivity contribution < 1.29 is 0 Å². The maximum Gasteiger partial charge on any atom is 0.0101 e. The van der Waals surface area contributed by atoms with Crippen molar-refractivity contribution in [1.82, 2.24) is 5.32 Å². The van der Waals surface area contributed by atoms with Gasteiger partial charge in [-0.15, -0.1) is 0 Å². The van der Waals surface area contributed by atoms with E-state index in [-0.39, 0.29) is 0 Å². The summed E-state index contributed by atoms with van der Waals surface area (Å²) in [7, 11) is 0. The zero-order chi connectivity index (χ0) is 10.3. The van der Waals surface area contributed by atoms with Gasteiger partial charge in [-0.25, -0.2) is 0 Å². The highest BCUT2D eigenvalue weighted by Crippen LogP contribution is 2.54. The van der Waals surface area contributed by atoms with Crippen LogP contribution in [0.4, 0.5) is 0 Å². The van der Waals surface area contributed by atoms with E-state index >= 15 is 0 Å². The highest BCUT2D eigenvalue weighted by Gasteiger charge is 2.48. The summed E-state index contributed by atoms with van der Waals surface area (Å²) in [6.07, 6.45) is 10.5. The molecule has 0 saturated heterocycles. The average molecular weight is 207 g/mol. The molecule has 0 amide bonds. The Morgan fingerprint density at radius 3 is 2.60 bits per heavy atom. The first-order chi connectivity index (χ1) is 7.36. The molecule has 5 unspecified atom stereocenters. The summed E-state index contributed by atoms with van der Waals surface area (Å²) in [5, 5.41) is 3.85. The van der Waals surface area contributed by atoms with Crippen LogP contribution in [0.3, 0.4) is 0 Å². The maximum absolute atomic E-state index is 3.85. The van der Waals surface area contributed by atoms with Gasteiger partial charge in [0.1, 0.15) is 0 Å². The molecule has 3 fully saturated rings. The van der Waals surface area contributed by atoms with Gasteiger partial charge in [0.05, 0.1) is 0 Å². The topological polar surface area (TPSA) is 12.0 Å². The summed E-state index contributed by atoms with van der Waals surface area (Å²) in [6.45, 7) is 3.56. The molecular formula is C14H25N. The van der Waals surface area contributed by atoms with Crippen LogP contribution in [0.2, 0.25) is 0 Å². The molecule has 0 aliphatic heterocycles. The lowest BCUT2D eigenvalue weighted by atomic mass is 9.70. The molecule has 15 heavy (non-hydrogen) atoms. The van der Waals surface area contributed by atoms with Gasteiger partial charge in [0, 0.05) is 6.04 Å². The second-order valence-corrected chi connectivity index (χ2v) is 6.25. The molecule has 0 spiro atoms. The molecule has 3 bridgehead atoms. The number of hydrogen-bond donors (Lipinski definition) is 1. The molecule has 3 aliphatic carbocycles. The first-order valence-electron chi connectivity index (χ1n) is 7.10. The van der Waals surface area contributed by atoms with Crippen molar-refractivity contribution in [2.75, 3.05) is 6.54 Å². The molecule has 1 nitrogen and oxygen atoms in total. The largest absolute Gasteiger partial charge is 0.314 e. The summed E-state index contributed by atoms with van der Waals surface area (Å²) >= 11 is 0. The monoisotopic (exact) mass is 207 g/mol. The summed E-state index contributed by atoms with van der Waals surface area (Å²) in [5.74, 6) is 4.38. The van der Waals surface area contributed by atoms with Gasteiger partial charge in [0.15, 0.2) is 0 Å². The molecule has 1 heteroatoms. The summed E-state index contributed by atoms with van der Waals surface area (Å²) in [5.41, 5.74) is 0. The second kappa shape index (κ2) is 4.08. The zero-order valence-electron chi connectivity index (χ0n) is 10.0. The number of fused-ring (bicyclic) bond motifs is 2. The maximum atomic E-state index is 3.85. The van der Waals surface area contributed by atoms with Gasteiger partial charge in [-0.2, -0.15) is 0 Å². The van der Waals surface area contributed by atoms with Crippen LogP contribution in [0.5, 0.6) is 0 Å². The van der Waals surface area contributed by atoms with Gasteiger partial charge in [-0.05, 0) is 68.7 Å². The molecular weight excluding hydrogens is 182 g/mol. The van der Waals surface area contributed by atoms with E-state index in [0.717, 1.165) is 29.7 Å². The number of rotatable bonds is 4. The van der Waals surface area contributed by atoms with Gasteiger partial charge in [-0.3, -0.25) is 0 Å². The van der Waals surface area contributed by atoms with E-state index in [1.165, 1.54) is 25.8 Å². The Kier molecular flexibility index (Phi) is 2.76. The molecule has 0 aromatic heterocycles. The fourth-order valence-electron chi connectivity index (χ4n) is 4.65. The molecule has 0 radical (unpaired) electrons. The van der Waals surface area contributed by atoms with Gasteiger partial charge >= 0.3 is 0 Å². The van der Waals surface area contributed by atoms with Crippen molar-refractivity contribution in [3.8, 4) is 0 Å². The number of hydrogen-bond acceptors (Lipinski definition) is 1. The molecule has 86 valence electrons. The number of nitrogens with one attached hydrogen (secondary N) is 1. The third-order valence-electron chi connectivity index (χ3n) is 5.19. The summed E-state index contributed by atoms with van der Waals surface area (Å²) in [6, 6.07) is 0.896. The van der Waals surface area contributed by atoms with Gasteiger partial charge in [-0.1, -0.05) is 13.3 Å². The Balaban J connectivity index is 1.61. The molecule has 0 aromatic rings. The van der Waals surface area contributed by atoms with Crippen LogP contribution < -0.4 is 5.32 Å². The fraction of sp³-hybridized carbons (Fsp3) is 1.00. The van der Waals surface area contributed by atoms with Gasteiger partial charge in [0.25, 0.3) is 0 Å². The average Bonchev–Trinajstić information content (AvgIpc) is 2.45. The Morgan fingerprint density at radius 1 is 1.00 bits per heavy atom. The standard InChI is InChI=1S/C14H25N/c1-2-3-4-15-14-9-11-5-10-6-12(7-11)13(14)8-10/h10-15H,2-9H2,1H3. The molecule has 3 saturated carbocycles. The van der Waals surface area contributed by atoms with E-state index in [2.05, 4.69) is 12.2 Å². The Labute approximate surface area is 94.0 Å². The van der Waals surface area contributed by atoms with E-state index < -0.39 is 0 Å². The molecule has 0 heterocycles. The quantitative estimate of drug-likeness (QED) is 0.698. The van der Waals surface area contributed by atoms with Crippen molar-refractivity contribution in [1.29, 1.82) is 0 Å². The minimum atomic E-state index is 0.896. The van der Waals surface area contributed by atoms with Crippen molar-refractivity contribution >= 4 is 0 Å². The Bertz CT molecular complexity index is 223. The first kappa shape index (κ1) is 10.1. The molecule has 0 aromatic carbocycles. The lowest BCUT2D eigenvalue weighted by Gasteiger charge is -2.40. The third kappa shape index (κ3) is 1.84. The van der Waals surface area contributed by atoms with E-state index in [4.69, 9.17) is 0 Å². The zero-order valence-corrected chi connectivity index (χ0v) is 10.0. The summed E-state index contributed by atoms with van der Waals surface area (Å²) in [4.78, 5) is 0. The van der Waals surface area contributed by atoms with Crippen LogP contribution in [0.25, 0.3) is 0 Å². The predicted molar refractivity (Wildman–Crippen MR) is 63.7 cm³/mol. The van der Waals surface area contributed by atoms with E-state index in [1.54, 1.807) is 25.7 Å². The fourth-order valence-corrected chi connectivity index (χ4v) is 4.65. The summed E-state index contributed by atoms with van der Waals surface area (Å²) < 4.78 is 0. The lowest BCUT2D eigenvalue weighted by Crippen LogP contribution is -2.43. The minimum Gasteiger partial charge on any atom is -0.314 e. The van der Waals surface area contributed by atoms with Crippen LogP contribution in [-0.2, 0) is 0 Å². The minimum absolute atomic E-state index is 0.896. The van der Waals surface area contributed by atoms with Crippen molar-refractivity contribution in [2.45, 2.75) is 57.9 Å². The molecule has 5 atom stereocenters. The second-order valence-electron chi connectivity index (χ2n) is 6.25. The Morgan fingerprint density at radius 2 is 1.80 bits per heavy atom. The van der Waals surface area contributed by atoms with E-state index in [1.807, 2.05) is 0 Å². The van der Waals surface area contributed by atoms with Crippen molar-refractivity contribution in [3.63, 3.8) is 0 Å². The molecule has 3 aliphatic rings. The normalized spacial score (nSPS) is 47.4. The SMILES string of the molecule is CCCCNC1CC2CC3CC(C2)C1C3. The van der Waals surface area contributed by atoms with E-state index in [9.17, 15) is 0 Å². The van der Waals surface area contributed by atoms with Crippen LogP contribution >= 0.6 is 0 Å². The first-order valence-corrected chi connectivity index (χ1v) is 7.10. The molecule has 1 N–H and O–H groups in total.